The summed E-state index contributed by atoms with van der Waals surface area (Å²) in [5.41, 5.74) is 18.0. The fraction of sp³-hybridized carbons (Fsp3) is 0.253. The van der Waals surface area contributed by atoms with Crippen LogP contribution in [-0.2, 0) is 49.9 Å². The molecule has 3 saturated carbocycles. The van der Waals surface area contributed by atoms with Crippen molar-refractivity contribution in [2.75, 3.05) is 0 Å². The largest absolute Gasteiger partial charge is 0.318 e. The Morgan fingerprint density at radius 2 is 0.673 bits per heavy atom. The Hall–Kier alpha value is -12.6. The molecule has 22 heteroatoms. The number of aryl methyl sites for hydroxylation is 8. The summed E-state index contributed by atoms with van der Waals surface area (Å²) in [5.74, 6) is 3.44. The first-order valence-corrected chi connectivity index (χ1v) is 38.5. The van der Waals surface area contributed by atoms with Crippen molar-refractivity contribution < 1.29 is 4.39 Å². The summed E-state index contributed by atoms with van der Waals surface area (Å²) in [6, 6.07) is 59.6. The van der Waals surface area contributed by atoms with E-state index in [4.69, 9.17) is 11.6 Å². The summed E-state index contributed by atoms with van der Waals surface area (Å²) < 4.78 is 28.6. The van der Waals surface area contributed by atoms with Crippen LogP contribution in [-0.4, -0.2) is 76.7 Å². The molecule has 0 aliphatic heterocycles. The van der Waals surface area contributed by atoms with Crippen LogP contribution in [0.4, 0.5) is 4.39 Å². The van der Waals surface area contributed by atoms with E-state index in [2.05, 4.69) is 143 Å². The highest BCUT2D eigenvalue weighted by Gasteiger charge is 2.50. The Bertz CT molecular complexity index is 6320. The second-order valence-electron chi connectivity index (χ2n) is 31.2. The molecule has 19 rings (SSSR count). The zero-order chi connectivity index (χ0) is 78.8. The number of halogens is 2. The molecule has 3 aliphatic carbocycles. The maximum Gasteiger partial charge on any atom is 0.253 e. The third-order valence-electron chi connectivity index (χ3n) is 23.2. The van der Waals surface area contributed by atoms with Crippen LogP contribution < -0.4 is 22.2 Å². The van der Waals surface area contributed by atoms with Crippen LogP contribution in [0, 0.1) is 33.5 Å². The van der Waals surface area contributed by atoms with E-state index in [0.717, 1.165) is 151 Å². The number of rotatable bonds is 12. The second kappa shape index (κ2) is 29.6. The fourth-order valence-corrected chi connectivity index (χ4v) is 16.8. The maximum atomic E-state index is 13.8. The molecular weight excluding hydrogens is 1440 g/mol. The third-order valence-corrected chi connectivity index (χ3v) is 23.5. The van der Waals surface area contributed by atoms with E-state index in [1.807, 2.05) is 171 Å². The minimum absolute atomic E-state index is 0.00199. The SMILES string of the molecule is Cc1cc(-c2ccc3nnc(C(C)(C)c4cccc(Cl)c4)n3c2)cn(C)c1=O.Cc1cc(-c2ccc3nnc(C4(c5cccc(F)c5)CC4)n3c2)cn(C)c1=O.Cc1cc(-c2ccc3nnc(C4(c5ccccc5)CCC4)n3c2)cn(C)c1=O.Cc1cc(-c2ccc3nnc(C4(c5ccccc5)CCCC4)n3c2)cn(C)c1=O. The molecule has 20 nitrogen and oxygen atoms in total. The van der Waals surface area contributed by atoms with Crippen LogP contribution in [0.15, 0.2) is 251 Å². The van der Waals surface area contributed by atoms with Gasteiger partial charge in [0.2, 0.25) is 0 Å². The molecular formula is C91H86ClFN16O4. The van der Waals surface area contributed by atoms with Crippen LogP contribution in [0.2, 0.25) is 5.02 Å². The van der Waals surface area contributed by atoms with Gasteiger partial charge in [-0.15, -0.1) is 40.8 Å². The molecule has 0 saturated heterocycles. The average molecular weight is 1520 g/mol. The molecule has 113 heavy (non-hydrogen) atoms. The molecule has 12 aromatic heterocycles. The van der Waals surface area contributed by atoms with Gasteiger partial charge in [0, 0.05) is 105 Å². The quantitative estimate of drug-likeness (QED) is 0.112. The van der Waals surface area contributed by atoms with E-state index in [9.17, 15) is 23.6 Å². The lowest BCUT2D eigenvalue weighted by Gasteiger charge is -2.40. The van der Waals surface area contributed by atoms with Gasteiger partial charge in [0.25, 0.3) is 22.2 Å². The summed E-state index contributed by atoms with van der Waals surface area (Å²) in [6.45, 7) is 11.6. The highest BCUT2D eigenvalue weighted by atomic mass is 35.5. The van der Waals surface area contributed by atoms with Crippen molar-refractivity contribution in [3.8, 4) is 44.5 Å². The molecule has 3 fully saturated rings. The van der Waals surface area contributed by atoms with Crippen molar-refractivity contribution in [3.63, 3.8) is 0 Å². The van der Waals surface area contributed by atoms with Gasteiger partial charge in [-0.1, -0.05) is 116 Å². The van der Waals surface area contributed by atoms with Gasteiger partial charge in [0.1, 0.15) is 29.1 Å². The van der Waals surface area contributed by atoms with E-state index < -0.39 is 0 Å². The highest BCUT2D eigenvalue weighted by Crippen LogP contribution is 2.53. The van der Waals surface area contributed by atoms with E-state index in [1.165, 1.54) is 36.5 Å². The number of fused-ring (bicyclic) bond motifs is 4. The summed E-state index contributed by atoms with van der Waals surface area (Å²) in [6.07, 6.45) is 25.5. The minimum Gasteiger partial charge on any atom is -0.318 e. The maximum absolute atomic E-state index is 13.8. The van der Waals surface area contributed by atoms with Crippen molar-refractivity contribution in [1.29, 1.82) is 0 Å². The Labute approximate surface area is 656 Å². The van der Waals surface area contributed by atoms with E-state index in [0.29, 0.717) is 16.1 Å². The highest BCUT2D eigenvalue weighted by molar-refractivity contribution is 6.30. The van der Waals surface area contributed by atoms with Crippen LogP contribution in [0.25, 0.3) is 67.1 Å². The normalized spacial score (nSPS) is 14.6. The van der Waals surface area contributed by atoms with Gasteiger partial charge in [0.15, 0.2) is 22.6 Å². The van der Waals surface area contributed by atoms with Gasteiger partial charge in [-0.3, -0.25) is 36.8 Å². The van der Waals surface area contributed by atoms with Crippen LogP contribution in [0.1, 0.15) is 139 Å². The smallest absolute Gasteiger partial charge is 0.253 e. The molecule has 4 aromatic carbocycles. The molecule has 0 amide bonds. The Balaban J connectivity index is 0.000000114. The summed E-state index contributed by atoms with van der Waals surface area (Å²) in [4.78, 5) is 48.2. The van der Waals surface area contributed by atoms with Gasteiger partial charge in [-0.2, -0.15) is 0 Å². The number of nitrogens with zero attached hydrogens (tertiary/aromatic N) is 16. The van der Waals surface area contributed by atoms with Crippen molar-refractivity contribution in [2.45, 2.75) is 121 Å². The predicted octanol–water partition coefficient (Wildman–Crippen LogP) is 16.1. The molecule has 3 aliphatic rings. The number of hydrogen-bond donors (Lipinski definition) is 0. The number of hydrogen-bond acceptors (Lipinski definition) is 12. The molecule has 0 radical (unpaired) electrons. The first-order valence-electron chi connectivity index (χ1n) is 38.2. The molecule has 0 spiro atoms. The van der Waals surface area contributed by atoms with Gasteiger partial charge in [0.05, 0.1) is 21.7 Å². The summed E-state index contributed by atoms with van der Waals surface area (Å²) in [7, 11) is 7.11. The molecule has 0 N–H and O–H groups in total. The lowest BCUT2D eigenvalue weighted by molar-refractivity contribution is 0.283. The molecule has 0 bridgehead atoms. The van der Waals surface area contributed by atoms with Gasteiger partial charge >= 0.3 is 0 Å². The predicted molar refractivity (Wildman–Crippen MR) is 440 cm³/mol. The molecule has 12 heterocycles. The van der Waals surface area contributed by atoms with E-state index >= 15 is 0 Å². The summed E-state index contributed by atoms with van der Waals surface area (Å²) >= 11 is 6.21. The topological polar surface area (TPSA) is 209 Å². The monoisotopic (exact) mass is 1520 g/mol. The summed E-state index contributed by atoms with van der Waals surface area (Å²) in [5, 5.41) is 36.5. The van der Waals surface area contributed by atoms with E-state index in [1.54, 1.807) is 58.6 Å². The fourth-order valence-electron chi connectivity index (χ4n) is 16.7. The molecule has 0 unspecified atom stereocenters. The molecule has 16 aromatic rings. The molecule has 0 atom stereocenters. The zero-order valence-corrected chi connectivity index (χ0v) is 65.6. The minimum atomic E-state index is -0.387. The van der Waals surface area contributed by atoms with Crippen molar-refractivity contribution >= 4 is 34.2 Å². The Morgan fingerprint density at radius 1 is 0.336 bits per heavy atom. The van der Waals surface area contributed by atoms with Gasteiger partial charge in [-0.25, -0.2) is 4.39 Å². The first-order chi connectivity index (χ1) is 54.4. The number of benzene rings is 4. The van der Waals surface area contributed by atoms with Crippen LogP contribution in [0.5, 0.6) is 0 Å². The van der Waals surface area contributed by atoms with Crippen molar-refractivity contribution in [3.05, 3.63) is 352 Å². The van der Waals surface area contributed by atoms with Gasteiger partial charge < -0.3 is 18.3 Å². The van der Waals surface area contributed by atoms with Gasteiger partial charge in [-0.05, 0) is 244 Å². The standard InChI is InChI=1S/C24H24N4O.C23H22N4O.C22H21ClN4O.C22H19FN4O/c1-17-14-19(15-27(2)22(17)29)18-10-11-21-25-26-23(28(21)16-18)24(12-6-7-13-24)20-8-4-3-5-9-20;1-16-13-18(14-26(2)21(16)28)17-9-10-20-24-25-22(27(20)15-17)23(11-6-12-23)19-7-4-3-5-8-19;1-14-10-16(12-26(4)20(14)28)15-8-9-19-24-25-21(27(19)13-15)22(2,3)17-6-5-7-18(23)11-17;1-14-10-16(12-26(2)20(14)28)15-6-7-19-24-25-21(27(19)13-15)22(8-9-22)17-4-3-5-18(23)11-17/h3-5,8-11,14-16H,6-7,12-13H2,1-2H3;3-5,7-10,13-15H,6,11-12H2,1-2H3;5-13H,1-4H3;3-7,10-13H,8-9H2,1-2H3. The number of aromatic nitrogens is 16. The Morgan fingerprint density at radius 3 is 1.02 bits per heavy atom. The second-order valence-corrected chi connectivity index (χ2v) is 31.6. The number of pyridine rings is 8. The van der Waals surface area contributed by atoms with Crippen LogP contribution in [0.3, 0.4) is 0 Å². The van der Waals surface area contributed by atoms with Crippen LogP contribution >= 0.6 is 11.6 Å². The average Bonchev–Trinajstić information content (AvgIpc) is 1.59. The zero-order valence-electron chi connectivity index (χ0n) is 64.8. The van der Waals surface area contributed by atoms with E-state index in [-0.39, 0.29) is 49.7 Å². The van der Waals surface area contributed by atoms with Crippen molar-refractivity contribution in [1.82, 2.24) is 76.7 Å². The lowest BCUT2D eigenvalue weighted by Crippen LogP contribution is -2.37. The van der Waals surface area contributed by atoms with Crippen molar-refractivity contribution in [2.24, 2.45) is 28.2 Å². The third kappa shape index (κ3) is 13.8. The molecule has 568 valence electrons. The lowest BCUT2D eigenvalue weighted by atomic mass is 9.64. The first kappa shape index (κ1) is 74.5. The Kier molecular flexibility index (Phi) is 19.5.